The van der Waals surface area contributed by atoms with Gasteiger partial charge in [0.15, 0.2) is 15.8 Å². The van der Waals surface area contributed by atoms with Crippen LogP contribution in [0.5, 0.6) is 11.5 Å². The Morgan fingerprint density at radius 3 is 2.70 bits per heavy atom. The van der Waals surface area contributed by atoms with E-state index < -0.39 is 0 Å². The number of hydrogen-bond donors (Lipinski definition) is 2. The lowest BCUT2D eigenvalue weighted by Crippen LogP contribution is -2.21. The number of rotatable bonds is 8. The summed E-state index contributed by atoms with van der Waals surface area (Å²) < 4.78 is 11.3. The Balaban J connectivity index is 1.47. The molecule has 8 nitrogen and oxygen atoms in total. The number of carbonyl (C=O) groups excluding carboxylic acids is 1. The molecule has 2 amide bonds. The van der Waals surface area contributed by atoms with Crippen molar-refractivity contribution in [2.45, 2.75) is 17.2 Å². The summed E-state index contributed by atoms with van der Waals surface area (Å²) in [5.74, 6) is 2.12. The van der Waals surface area contributed by atoms with Gasteiger partial charge in [-0.3, -0.25) is 5.32 Å². The molecule has 1 fully saturated rings. The minimum absolute atomic E-state index is 0.382. The maximum absolute atomic E-state index is 12.2. The molecule has 1 saturated heterocycles. The van der Waals surface area contributed by atoms with Gasteiger partial charge in [-0.1, -0.05) is 23.1 Å². The summed E-state index contributed by atoms with van der Waals surface area (Å²) in [5, 5.41) is 14.1. The van der Waals surface area contributed by atoms with Gasteiger partial charge in [0, 0.05) is 24.1 Å². The Labute approximate surface area is 166 Å². The van der Waals surface area contributed by atoms with Crippen LogP contribution in [0, 0.1) is 0 Å². The molecule has 146 valence electrons. The third kappa shape index (κ3) is 5.72. The minimum Gasteiger partial charge on any atom is -0.493 e. The zero-order valence-electron chi connectivity index (χ0n) is 15.4. The number of ether oxygens (including phenoxy) is 2. The zero-order chi connectivity index (χ0) is 19.1. The number of hydrogen-bond acceptors (Lipinski definition) is 8. The maximum Gasteiger partial charge on any atom is 0.325 e. The van der Waals surface area contributed by atoms with Crippen LogP contribution in [0.1, 0.15) is 12.8 Å². The molecule has 1 aromatic heterocycles. The molecule has 2 N–H and O–H groups in total. The van der Waals surface area contributed by atoms with Crippen molar-refractivity contribution in [2.24, 2.45) is 0 Å². The second-order valence-corrected chi connectivity index (χ2v) is 8.24. The van der Waals surface area contributed by atoms with Crippen molar-refractivity contribution in [3.05, 3.63) is 18.2 Å². The van der Waals surface area contributed by atoms with Crippen LogP contribution >= 0.6 is 23.1 Å². The van der Waals surface area contributed by atoms with E-state index in [4.69, 9.17) is 9.47 Å². The average molecular weight is 410 g/mol. The number of anilines is 2. The predicted octanol–water partition coefficient (Wildman–Crippen LogP) is 3.39. The summed E-state index contributed by atoms with van der Waals surface area (Å²) in [4.78, 5) is 14.6. The number of likely N-dealkylation sites (tertiary alicyclic amines) is 1. The largest absolute Gasteiger partial charge is 0.493 e. The highest BCUT2D eigenvalue weighted by atomic mass is 32.2. The summed E-state index contributed by atoms with van der Waals surface area (Å²) >= 11 is 3.04. The van der Waals surface area contributed by atoms with Crippen molar-refractivity contribution in [2.75, 3.05) is 50.2 Å². The van der Waals surface area contributed by atoms with Gasteiger partial charge in [0.05, 0.1) is 14.2 Å². The Morgan fingerprint density at radius 1 is 1.19 bits per heavy atom. The first kappa shape index (κ1) is 19.7. The number of urea groups is 1. The summed E-state index contributed by atoms with van der Waals surface area (Å²) in [6, 6.07) is 4.78. The van der Waals surface area contributed by atoms with E-state index >= 15 is 0 Å². The molecule has 0 bridgehead atoms. The Kier molecular flexibility index (Phi) is 7.13. The van der Waals surface area contributed by atoms with Crippen LogP contribution in [0.4, 0.5) is 15.6 Å². The van der Waals surface area contributed by atoms with Crippen LogP contribution in [0.15, 0.2) is 22.5 Å². The molecule has 1 aliphatic rings. The van der Waals surface area contributed by atoms with E-state index in [0.29, 0.717) is 22.3 Å². The molecule has 2 heterocycles. The number of thioether (sulfide) groups is 1. The smallest absolute Gasteiger partial charge is 0.325 e. The molecule has 0 unspecified atom stereocenters. The lowest BCUT2D eigenvalue weighted by molar-refractivity contribution is 0.262. The Morgan fingerprint density at radius 2 is 1.96 bits per heavy atom. The lowest BCUT2D eigenvalue weighted by atomic mass is 10.3. The van der Waals surface area contributed by atoms with E-state index in [9.17, 15) is 4.79 Å². The second-order valence-electron chi connectivity index (χ2n) is 5.92. The van der Waals surface area contributed by atoms with E-state index in [1.807, 2.05) is 0 Å². The SMILES string of the molecule is COc1ccc(NC(=O)Nc2nnc(SCCN3CCCC3)s2)cc1OC. The van der Waals surface area contributed by atoms with Crippen LogP contribution in [-0.2, 0) is 0 Å². The molecule has 0 atom stereocenters. The standard InChI is InChI=1S/C17H23N5O3S2/c1-24-13-6-5-12(11-14(13)25-2)18-15(23)19-16-20-21-17(27-16)26-10-9-22-7-3-4-8-22/h5-6,11H,3-4,7-10H2,1-2H3,(H2,18,19,20,23). The van der Waals surface area contributed by atoms with Gasteiger partial charge >= 0.3 is 6.03 Å². The van der Waals surface area contributed by atoms with Gasteiger partial charge < -0.3 is 19.7 Å². The van der Waals surface area contributed by atoms with E-state index in [1.54, 1.807) is 44.2 Å². The molecular weight excluding hydrogens is 386 g/mol. The average Bonchev–Trinajstić information content (AvgIpc) is 3.34. The Bertz CT molecular complexity index is 765. The molecular formula is C17H23N5O3S2. The molecule has 3 rings (SSSR count). The van der Waals surface area contributed by atoms with Gasteiger partial charge in [0.25, 0.3) is 0 Å². The number of aromatic nitrogens is 2. The van der Waals surface area contributed by atoms with Crippen molar-refractivity contribution in [1.82, 2.24) is 15.1 Å². The van der Waals surface area contributed by atoms with Gasteiger partial charge in [0.1, 0.15) is 0 Å². The third-order valence-corrected chi connectivity index (χ3v) is 6.05. The summed E-state index contributed by atoms with van der Waals surface area (Å²) in [6.45, 7) is 3.45. The first-order valence-corrected chi connectivity index (χ1v) is 10.5. The van der Waals surface area contributed by atoms with Gasteiger partial charge in [-0.15, -0.1) is 10.2 Å². The number of amides is 2. The summed E-state index contributed by atoms with van der Waals surface area (Å²) in [5.41, 5.74) is 0.592. The van der Waals surface area contributed by atoms with Gasteiger partial charge in [-0.05, 0) is 38.1 Å². The molecule has 0 aliphatic carbocycles. The number of nitrogens with zero attached hydrogens (tertiary/aromatic N) is 3. The fourth-order valence-corrected chi connectivity index (χ4v) is 4.58. The van der Waals surface area contributed by atoms with Gasteiger partial charge in [-0.25, -0.2) is 4.79 Å². The van der Waals surface area contributed by atoms with Gasteiger partial charge in [-0.2, -0.15) is 0 Å². The molecule has 1 aliphatic heterocycles. The van der Waals surface area contributed by atoms with Crippen molar-refractivity contribution in [3.63, 3.8) is 0 Å². The van der Waals surface area contributed by atoms with Crippen LogP contribution in [-0.4, -0.2) is 60.7 Å². The quantitative estimate of drug-likeness (QED) is 0.510. The summed E-state index contributed by atoms with van der Waals surface area (Å²) in [7, 11) is 3.11. The highest BCUT2D eigenvalue weighted by Gasteiger charge is 2.13. The van der Waals surface area contributed by atoms with Crippen molar-refractivity contribution >= 4 is 39.9 Å². The molecule has 0 radical (unpaired) electrons. The van der Waals surface area contributed by atoms with Crippen molar-refractivity contribution < 1.29 is 14.3 Å². The molecule has 10 heteroatoms. The van der Waals surface area contributed by atoms with E-state index in [-0.39, 0.29) is 6.03 Å². The topological polar surface area (TPSA) is 88.6 Å². The number of nitrogens with one attached hydrogen (secondary N) is 2. The molecule has 1 aromatic carbocycles. The third-order valence-electron chi connectivity index (χ3n) is 4.10. The normalized spacial score (nSPS) is 14.1. The summed E-state index contributed by atoms with van der Waals surface area (Å²) in [6.07, 6.45) is 2.60. The minimum atomic E-state index is -0.382. The maximum atomic E-state index is 12.2. The van der Waals surface area contributed by atoms with Crippen LogP contribution in [0.25, 0.3) is 0 Å². The first-order valence-electron chi connectivity index (χ1n) is 8.66. The van der Waals surface area contributed by atoms with E-state index in [0.717, 1.165) is 16.6 Å². The molecule has 0 spiro atoms. The monoisotopic (exact) mass is 409 g/mol. The molecule has 2 aromatic rings. The zero-order valence-corrected chi connectivity index (χ0v) is 17.0. The first-order chi connectivity index (χ1) is 13.2. The molecule has 27 heavy (non-hydrogen) atoms. The van der Waals surface area contributed by atoms with Crippen molar-refractivity contribution in [1.29, 1.82) is 0 Å². The van der Waals surface area contributed by atoms with Crippen LogP contribution in [0.2, 0.25) is 0 Å². The second kappa shape index (κ2) is 9.77. The molecule has 0 saturated carbocycles. The predicted molar refractivity (Wildman–Crippen MR) is 108 cm³/mol. The highest BCUT2D eigenvalue weighted by Crippen LogP contribution is 2.30. The van der Waals surface area contributed by atoms with Crippen LogP contribution in [0.3, 0.4) is 0 Å². The van der Waals surface area contributed by atoms with Gasteiger partial charge in [0.2, 0.25) is 5.13 Å². The highest BCUT2D eigenvalue weighted by molar-refractivity contribution is 8.01. The fourth-order valence-electron chi connectivity index (χ4n) is 2.76. The van der Waals surface area contributed by atoms with E-state index in [2.05, 4.69) is 25.7 Å². The number of methoxy groups -OCH3 is 2. The number of carbonyl (C=O) groups is 1. The van der Waals surface area contributed by atoms with E-state index in [1.165, 1.54) is 37.3 Å². The Hall–Kier alpha value is -2.04. The number of benzene rings is 1. The fraction of sp³-hybridized carbons (Fsp3) is 0.471. The lowest BCUT2D eigenvalue weighted by Gasteiger charge is -2.12. The van der Waals surface area contributed by atoms with Crippen molar-refractivity contribution in [3.8, 4) is 11.5 Å². The van der Waals surface area contributed by atoms with Crippen LogP contribution < -0.4 is 20.1 Å².